The highest BCUT2D eigenvalue weighted by atomic mass is 35.5. The monoisotopic (exact) mass is 355 g/mol. The van der Waals surface area contributed by atoms with Crippen molar-refractivity contribution in [2.75, 3.05) is 10.3 Å². The number of hydrogen-bond donors (Lipinski definition) is 1. The van der Waals surface area contributed by atoms with E-state index in [2.05, 4.69) is 15.6 Å². The zero-order valence-corrected chi connectivity index (χ0v) is 14.7. The Balaban J connectivity index is 0.00000182. The van der Waals surface area contributed by atoms with Gasteiger partial charge in [-0.3, -0.25) is 0 Å². The molecule has 0 aliphatic carbocycles. The number of hydrazone groups is 1. The lowest BCUT2D eigenvalue weighted by Gasteiger charge is -2.23. The second-order valence-electron chi connectivity index (χ2n) is 5.49. The Bertz CT molecular complexity index is 857. The van der Waals surface area contributed by atoms with Gasteiger partial charge in [0.2, 0.25) is 6.34 Å². The third-order valence-corrected chi connectivity index (χ3v) is 3.86. The maximum absolute atomic E-state index is 4.53. The Morgan fingerprint density at radius 2 is 1.40 bits per heavy atom. The first kappa shape index (κ1) is 16.8. The molecule has 128 valence electrons. The number of hydrogen-bond acceptors (Lipinski definition) is 5. The first-order valence-electron chi connectivity index (χ1n) is 7.74. The van der Waals surface area contributed by atoms with Crippen molar-refractivity contribution in [3.8, 4) is 0 Å². The average Bonchev–Trinajstić information content (AvgIpc) is 3.20. The number of para-hydroxylation sites is 2. The molecule has 0 radical (unpaired) electrons. The van der Waals surface area contributed by atoms with Crippen LogP contribution in [-0.4, -0.2) is 26.1 Å². The van der Waals surface area contributed by atoms with Gasteiger partial charge in [-0.2, -0.15) is 5.43 Å². The molecular weight excluding hydrogens is 338 g/mol. The molecule has 1 N–H and O–H groups in total. The van der Waals surface area contributed by atoms with E-state index in [4.69, 9.17) is 0 Å². The zero-order chi connectivity index (χ0) is 16.5. The minimum absolute atomic E-state index is 0. The van der Waals surface area contributed by atoms with Crippen LogP contribution in [0.3, 0.4) is 0 Å². The molecule has 1 aliphatic rings. The molecule has 4 rings (SSSR count). The van der Waals surface area contributed by atoms with Crippen LogP contribution < -0.4 is 28.2 Å². The molecule has 0 atom stereocenters. The molecule has 1 aromatic heterocycles. The smallest absolute Gasteiger partial charge is 0.232 e. The summed E-state index contributed by atoms with van der Waals surface area (Å²) in [6, 6.07) is 20.1. The van der Waals surface area contributed by atoms with E-state index in [1.807, 2.05) is 95.9 Å². The van der Waals surface area contributed by atoms with Gasteiger partial charge in [0, 0.05) is 0 Å². The quantitative estimate of drug-likeness (QED) is 0.615. The van der Waals surface area contributed by atoms with Gasteiger partial charge in [0.15, 0.2) is 0 Å². The van der Waals surface area contributed by atoms with Crippen molar-refractivity contribution in [1.29, 1.82) is 0 Å². The summed E-state index contributed by atoms with van der Waals surface area (Å²) in [5, 5.41) is 12.8. The van der Waals surface area contributed by atoms with Gasteiger partial charge in [0.25, 0.3) is 0 Å². The number of anilines is 1. The maximum atomic E-state index is 4.53. The third-order valence-electron chi connectivity index (χ3n) is 3.86. The summed E-state index contributed by atoms with van der Waals surface area (Å²) in [4.78, 5) is 1.58. The van der Waals surface area contributed by atoms with E-state index in [1.54, 1.807) is 4.91 Å². The third kappa shape index (κ3) is 3.01. The maximum Gasteiger partial charge on any atom is 0.232 e. The molecule has 25 heavy (non-hydrogen) atoms. The van der Waals surface area contributed by atoms with Gasteiger partial charge in [-0.25, -0.2) is 0 Å². The number of nitrogens with zero attached hydrogens (tertiary/aromatic N) is 6. The van der Waals surface area contributed by atoms with E-state index in [9.17, 15) is 0 Å². The highest BCUT2D eigenvalue weighted by molar-refractivity contribution is 5.61. The number of hydrazine groups is 3. The van der Waals surface area contributed by atoms with Crippen LogP contribution in [0.25, 0.3) is 0 Å². The molecule has 8 heteroatoms. The second kappa shape index (κ2) is 6.82. The molecule has 0 saturated heterocycles. The Hall–Kier alpha value is -3.06. The molecule has 0 unspecified atom stereocenters. The number of halogens is 1. The van der Waals surface area contributed by atoms with E-state index < -0.39 is 0 Å². The summed E-state index contributed by atoms with van der Waals surface area (Å²) in [7, 11) is 0. The van der Waals surface area contributed by atoms with Gasteiger partial charge < -0.3 is 12.4 Å². The van der Waals surface area contributed by atoms with E-state index >= 15 is 0 Å². The zero-order valence-electron chi connectivity index (χ0n) is 13.9. The summed E-state index contributed by atoms with van der Waals surface area (Å²) in [5.74, 6) is 0. The molecule has 2 aromatic carbocycles. The lowest BCUT2D eigenvalue weighted by atomic mass is 10.3. The summed E-state index contributed by atoms with van der Waals surface area (Å²) >= 11 is 0. The molecule has 3 aromatic rings. The van der Waals surface area contributed by atoms with Gasteiger partial charge >= 0.3 is 0 Å². The number of benzene rings is 2. The van der Waals surface area contributed by atoms with Crippen LogP contribution >= 0.6 is 0 Å². The van der Waals surface area contributed by atoms with Gasteiger partial charge in [-0.1, -0.05) is 51.7 Å². The lowest BCUT2D eigenvalue weighted by molar-refractivity contribution is -0.471. The van der Waals surface area contributed by atoms with Crippen molar-refractivity contribution in [2.24, 2.45) is 0 Å². The predicted molar refractivity (Wildman–Crippen MR) is 92.2 cm³/mol. The summed E-state index contributed by atoms with van der Waals surface area (Å²) in [6.45, 7) is 3.90. The van der Waals surface area contributed by atoms with E-state index in [-0.39, 0.29) is 12.4 Å². The number of aromatic nitrogens is 3. The highest BCUT2D eigenvalue weighted by Gasteiger charge is 2.35. The minimum Gasteiger partial charge on any atom is -1.00 e. The first-order valence-corrected chi connectivity index (χ1v) is 7.74. The van der Waals surface area contributed by atoms with Gasteiger partial charge in [-0.05, 0) is 38.1 Å². The van der Waals surface area contributed by atoms with Crippen molar-refractivity contribution in [3.63, 3.8) is 0 Å². The van der Waals surface area contributed by atoms with Crippen LogP contribution in [0.15, 0.2) is 60.7 Å². The number of aryl methyl sites for hydroxylation is 2. The first-order chi connectivity index (χ1) is 11.7. The topological polar surface area (TPSA) is 52.2 Å². The van der Waals surface area contributed by atoms with Crippen molar-refractivity contribution >= 4 is 17.7 Å². The summed E-state index contributed by atoms with van der Waals surface area (Å²) in [5.41, 5.74) is 7.01. The second-order valence-corrected chi connectivity index (χ2v) is 5.49. The normalized spacial score (nSPS) is 13.3. The lowest BCUT2D eigenvalue weighted by Crippen LogP contribution is -3.00. The molecular formula is C17H18ClN7. The molecule has 0 spiro atoms. The van der Waals surface area contributed by atoms with Crippen LogP contribution in [0.5, 0.6) is 0 Å². The van der Waals surface area contributed by atoms with Crippen molar-refractivity contribution in [1.82, 2.24) is 20.5 Å². The van der Waals surface area contributed by atoms with E-state index in [0.717, 1.165) is 22.8 Å². The fourth-order valence-electron chi connectivity index (χ4n) is 2.50. The van der Waals surface area contributed by atoms with Crippen molar-refractivity contribution in [2.45, 2.75) is 13.8 Å². The number of nitrogens with one attached hydrogen (secondary N) is 1. The van der Waals surface area contributed by atoms with Gasteiger partial charge in [0.05, 0.1) is 10.1 Å². The molecule has 1 aliphatic heterocycles. The fourth-order valence-corrected chi connectivity index (χ4v) is 2.50. The minimum atomic E-state index is 0. The molecule has 0 amide bonds. The highest BCUT2D eigenvalue weighted by Crippen LogP contribution is 2.20. The Morgan fingerprint density at radius 3 is 2.00 bits per heavy atom. The van der Waals surface area contributed by atoms with Crippen LogP contribution in [0, 0.1) is 13.8 Å². The SMILES string of the molecule is Cc1nn(N2N(c3ccccc3)NC=[N+]2c2ccccc2)nc1C.[Cl-]. The molecule has 0 saturated carbocycles. The standard InChI is InChI=1S/C17H17N7.ClH/c1-14-15(2)20-23(19-14)24-21(16-9-5-3-6-10-16)13-18-22(24)17-11-7-4-8-12-17;/h3-13H,1-2H3;1H. The Morgan fingerprint density at radius 1 is 0.840 bits per heavy atom. The average molecular weight is 356 g/mol. The molecule has 0 bridgehead atoms. The summed E-state index contributed by atoms with van der Waals surface area (Å²) < 4.78 is 1.95. The van der Waals surface area contributed by atoms with Crippen molar-refractivity contribution < 1.29 is 17.1 Å². The van der Waals surface area contributed by atoms with Gasteiger partial charge in [0.1, 0.15) is 22.8 Å². The van der Waals surface area contributed by atoms with Crippen LogP contribution in [0.4, 0.5) is 11.4 Å². The van der Waals surface area contributed by atoms with Crippen LogP contribution in [-0.2, 0) is 0 Å². The van der Waals surface area contributed by atoms with E-state index in [1.165, 1.54) is 0 Å². The largest absolute Gasteiger partial charge is 1.00 e. The Labute approximate surface area is 152 Å². The Kier molecular flexibility index (Phi) is 4.58. The molecule has 0 fully saturated rings. The van der Waals surface area contributed by atoms with Crippen LogP contribution in [0.2, 0.25) is 0 Å². The predicted octanol–water partition coefficient (Wildman–Crippen LogP) is -0.936. The van der Waals surface area contributed by atoms with E-state index in [0.29, 0.717) is 0 Å². The fraction of sp³-hybridized carbons (Fsp3) is 0.118. The number of rotatable bonds is 3. The molecule has 2 heterocycles. The van der Waals surface area contributed by atoms with Gasteiger partial charge in [-0.15, -0.1) is 4.68 Å². The van der Waals surface area contributed by atoms with Crippen molar-refractivity contribution in [3.05, 3.63) is 72.1 Å². The molecule has 7 nitrogen and oxygen atoms in total. The summed E-state index contributed by atoms with van der Waals surface area (Å²) in [6.07, 6.45) is 1.87. The van der Waals surface area contributed by atoms with Crippen LogP contribution in [0.1, 0.15) is 11.4 Å².